The molecule has 0 amide bonds. The van der Waals surface area contributed by atoms with E-state index in [0.717, 1.165) is 0 Å². The van der Waals surface area contributed by atoms with Gasteiger partial charge in [-0.05, 0) is 41.5 Å². The molecule has 1 N–H and O–H groups in total. The van der Waals surface area contributed by atoms with Crippen molar-refractivity contribution in [3.8, 4) is 11.1 Å². The van der Waals surface area contributed by atoms with E-state index in [0.29, 0.717) is 5.56 Å². The first-order valence-electron chi connectivity index (χ1n) is 9.55. The van der Waals surface area contributed by atoms with Gasteiger partial charge < -0.3 is 5.09 Å². The molecule has 4 rings (SSSR count). The molecule has 0 aliphatic rings. The SMILES string of the molecule is O=P(Nc1c(F)c(F)c(F)c(F)c1F)(c1ccccc1)c1ccccc1-c1cccc(F)c1. The van der Waals surface area contributed by atoms with Crippen LogP contribution in [0.5, 0.6) is 0 Å². The van der Waals surface area contributed by atoms with Gasteiger partial charge in [-0.3, -0.25) is 4.57 Å². The number of rotatable bonds is 5. The van der Waals surface area contributed by atoms with E-state index in [1.807, 2.05) is 0 Å². The molecule has 0 saturated carbocycles. The Morgan fingerprint density at radius 3 is 1.82 bits per heavy atom. The van der Waals surface area contributed by atoms with Gasteiger partial charge in [0.05, 0.1) is 0 Å². The first-order valence-corrected chi connectivity index (χ1v) is 11.3. The predicted octanol–water partition coefficient (Wildman–Crippen LogP) is 6.53. The van der Waals surface area contributed by atoms with E-state index in [-0.39, 0.29) is 16.2 Å². The Morgan fingerprint density at radius 1 is 0.606 bits per heavy atom. The molecule has 1 atom stereocenters. The van der Waals surface area contributed by atoms with E-state index in [1.165, 1.54) is 66.7 Å². The fraction of sp³-hybridized carbons (Fsp3) is 0. The molecular formula is C24H14F6NOP. The average Bonchev–Trinajstić information content (AvgIpc) is 2.84. The van der Waals surface area contributed by atoms with Gasteiger partial charge in [0.15, 0.2) is 23.3 Å². The highest BCUT2D eigenvalue weighted by atomic mass is 31.2. The quantitative estimate of drug-likeness (QED) is 0.153. The molecule has 0 saturated heterocycles. The van der Waals surface area contributed by atoms with Gasteiger partial charge in [-0.15, -0.1) is 0 Å². The zero-order chi connectivity index (χ0) is 23.8. The molecule has 2 nitrogen and oxygen atoms in total. The maximum Gasteiger partial charge on any atom is 0.227 e. The topological polar surface area (TPSA) is 29.1 Å². The lowest BCUT2D eigenvalue weighted by Crippen LogP contribution is -2.25. The predicted molar refractivity (Wildman–Crippen MR) is 115 cm³/mol. The summed E-state index contributed by atoms with van der Waals surface area (Å²) in [5, 5.41) is 2.15. The third-order valence-corrected chi connectivity index (χ3v) is 7.61. The number of anilines is 1. The van der Waals surface area contributed by atoms with E-state index in [1.54, 1.807) is 12.1 Å². The van der Waals surface area contributed by atoms with Crippen LogP contribution in [0.2, 0.25) is 0 Å². The van der Waals surface area contributed by atoms with E-state index < -0.39 is 47.9 Å². The third-order valence-electron chi connectivity index (χ3n) is 4.98. The van der Waals surface area contributed by atoms with Crippen molar-refractivity contribution in [3.05, 3.63) is 114 Å². The summed E-state index contributed by atoms with van der Waals surface area (Å²) in [4.78, 5) is 0. The first-order chi connectivity index (χ1) is 15.7. The van der Waals surface area contributed by atoms with Crippen molar-refractivity contribution >= 4 is 23.6 Å². The molecule has 0 heterocycles. The van der Waals surface area contributed by atoms with Crippen molar-refractivity contribution in [2.45, 2.75) is 0 Å². The van der Waals surface area contributed by atoms with Crippen LogP contribution in [0.15, 0.2) is 78.9 Å². The van der Waals surface area contributed by atoms with E-state index in [9.17, 15) is 30.9 Å². The highest BCUT2D eigenvalue weighted by molar-refractivity contribution is 7.80. The van der Waals surface area contributed by atoms with Gasteiger partial charge in [0.1, 0.15) is 11.5 Å². The summed E-state index contributed by atoms with van der Waals surface area (Å²) in [5.41, 5.74) is -0.867. The lowest BCUT2D eigenvalue weighted by molar-refractivity contribution is 0.382. The van der Waals surface area contributed by atoms with Crippen LogP contribution in [0.25, 0.3) is 11.1 Å². The average molecular weight is 477 g/mol. The summed E-state index contributed by atoms with van der Waals surface area (Å²) < 4.78 is 98.5. The molecule has 0 bridgehead atoms. The zero-order valence-electron chi connectivity index (χ0n) is 16.6. The Labute approximate surface area is 184 Å². The number of hydrogen-bond acceptors (Lipinski definition) is 1. The van der Waals surface area contributed by atoms with Crippen molar-refractivity contribution in [2.24, 2.45) is 0 Å². The Kier molecular flexibility index (Phi) is 6.04. The molecule has 9 heteroatoms. The molecule has 0 aliphatic carbocycles. The van der Waals surface area contributed by atoms with Crippen LogP contribution in [0.3, 0.4) is 0 Å². The molecule has 0 aliphatic heterocycles. The number of halogens is 6. The van der Waals surface area contributed by atoms with Gasteiger partial charge in [-0.2, -0.15) is 0 Å². The molecule has 4 aromatic carbocycles. The summed E-state index contributed by atoms with van der Waals surface area (Å²) in [6.45, 7) is 0. The van der Waals surface area contributed by atoms with Crippen molar-refractivity contribution < 1.29 is 30.9 Å². The first kappa shape index (κ1) is 22.7. The molecular weight excluding hydrogens is 463 g/mol. The third kappa shape index (κ3) is 4.02. The molecule has 1 unspecified atom stereocenters. The lowest BCUT2D eigenvalue weighted by Gasteiger charge is -2.25. The van der Waals surface area contributed by atoms with Crippen LogP contribution in [0, 0.1) is 34.9 Å². The second-order valence-electron chi connectivity index (χ2n) is 7.03. The Morgan fingerprint density at radius 2 is 1.18 bits per heavy atom. The summed E-state index contributed by atoms with van der Waals surface area (Å²) in [5.74, 6) is -11.5. The minimum absolute atomic E-state index is 0.00857. The largest absolute Gasteiger partial charge is 0.324 e. The van der Waals surface area contributed by atoms with Crippen molar-refractivity contribution in [1.29, 1.82) is 0 Å². The second-order valence-corrected chi connectivity index (χ2v) is 9.47. The van der Waals surface area contributed by atoms with Crippen molar-refractivity contribution in [1.82, 2.24) is 0 Å². The van der Waals surface area contributed by atoms with E-state index >= 15 is 0 Å². The van der Waals surface area contributed by atoms with Gasteiger partial charge in [0.2, 0.25) is 13.1 Å². The van der Waals surface area contributed by atoms with E-state index in [4.69, 9.17) is 0 Å². The highest BCUT2D eigenvalue weighted by Crippen LogP contribution is 2.47. The lowest BCUT2D eigenvalue weighted by atomic mass is 10.1. The fourth-order valence-electron chi connectivity index (χ4n) is 3.41. The van der Waals surface area contributed by atoms with Crippen LogP contribution in [-0.4, -0.2) is 0 Å². The Balaban J connectivity index is 2.00. The minimum atomic E-state index is -4.28. The number of nitrogens with one attached hydrogen (secondary N) is 1. The number of hydrogen-bond donors (Lipinski definition) is 1. The maximum atomic E-state index is 14.5. The maximum absolute atomic E-state index is 14.5. The van der Waals surface area contributed by atoms with Gasteiger partial charge in [0, 0.05) is 10.6 Å². The second kappa shape index (κ2) is 8.79. The summed E-state index contributed by atoms with van der Waals surface area (Å²) in [6.07, 6.45) is 0. The molecule has 168 valence electrons. The Hall–Kier alpha value is -3.51. The minimum Gasteiger partial charge on any atom is -0.324 e. The molecule has 0 fully saturated rings. The van der Waals surface area contributed by atoms with Gasteiger partial charge in [-0.1, -0.05) is 48.5 Å². The van der Waals surface area contributed by atoms with Crippen LogP contribution in [0.4, 0.5) is 32.0 Å². The van der Waals surface area contributed by atoms with E-state index in [2.05, 4.69) is 5.09 Å². The van der Waals surface area contributed by atoms with Gasteiger partial charge >= 0.3 is 0 Å². The molecule has 0 aromatic heterocycles. The standard InChI is InChI=1S/C24H14F6NOP/c25-15-8-6-7-14(13-15)17-11-4-5-12-18(17)33(32,16-9-2-1-3-10-16)31-24-22(29)20(27)19(26)21(28)23(24)30/h1-13H,(H,31,32). The van der Waals surface area contributed by atoms with Crippen molar-refractivity contribution in [2.75, 3.05) is 5.09 Å². The fourth-order valence-corrected chi connectivity index (χ4v) is 5.88. The molecule has 4 aromatic rings. The summed E-state index contributed by atoms with van der Waals surface area (Å²) >= 11 is 0. The number of benzene rings is 4. The highest BCUT2D eigenvalue weighted by Gasteiger charge is 2.35. The normalized spacial score (nSPS) is 12.9. The zero-order valence-corrected chi connectivity index (χ0v) is 17.5. The van der Waals surface area contributed by atoms with Crippen molar-refractivity contribution in [3.63, 3.8) is 0 Å². The summed E-state index contributed by atoms with van der Waals surface area (Å²) in [7, 11) is -4.28. The van der Waals surface area contributed by atoms with Crippen LogP contribution >= 0.6 is 7.29 Å². The summed E-state index contributed by atoms with van der Waals surface area (Å²) in [6, 6.07) is 18.7. The molecule has 0 radical (unpaired) electrons. The van der Waals surface area contributed by atoms with Crippen LogP contribution in [-0.2, 0) is 4.57 Å². The van der Waals surface area contributed by atoms with Crippen LogP contribution < -0.4 is 15.7 Å². The van der Waals surface area contributed by atoms with Crippen LogP contribution in [0.1, 0.15) is 0 Å². The monoisotopic (exact) mass is 477 g/mol. The van der Waals surface area contributed by atoms with Gasteiger partial charge in [-0.25, -0.2) is 26.3 Å². The molecule has 0 spiro atoms. The Bertz CT molecular complexity index is 1360. The smallest absolute Gasteiger partial charge is 0.227 e. The van der Waals surface area contributed by atoms with Gasteiger partial charge in [0.25, 0.3) is 0 Å². The molecule has 33 heavy (non-hydrogen) atoms.